The second kappa shape index (κ2) is 9.46. The zero-order chi connectivity index (χ0) is 24.4. The largest absolute Gasteiger partial charge is 0.416 e. The SMILES string of the molecule is CC(C)(C1CCN(C(=O)C[C@@H](N)c2ccccc2)CC1)S(=O)(=O)c1cccc(C(F)(F)F)c1. The van der Waals surface area contributed by atoms with Crippen LogP contribution in [0.5, 0.6) is 0 Å². The van der Waals surface area contributed by atoms with E-state index < -0.39 is 32.4 Å². The van der Waals surface area contributed by atoms with Crippen molar-refractivity contribution in [3.63, 3.8) is 0 Å². The van der Waals surface area contributed by atoms with Crippen molar-refractivity contribution < 1.29 is 26.4 Å². The van der Waals surface area contributed by atoms with Crippen molar-refractivity contribution in [1.82, 2.24) is 4.90 Å². The zero-order valence-corrected chi connectivity index (χ0v) is 19.5. The number of halogens is 3. The lowest BCUT2D eigenvalue weighted by Gasteiger charge is -2.40. The van der Waals surface area contributed by atoms with Crippen LogP contribution < -0.4 is 5.73 Å². The van der Waals surface area contributed by atoms with Crippen molar-refractivity contribution in [2.24, 2.45) is 11.7 Å². The van der Waals surface area contributed by atoms with E-state index in [9.17, 15) is 26.4 Å². The van der Waals surface area contributed by atoms with E-state index in [4.69, 9.17) is 5.73 Å². The van der Waals surface area contributed by atoms with Crippen molar-refractivity contribution in [3.05, 3.63) is 65.7 Å². The normalized spacial score (nSPS) is 17.1. The number of carbonyl (C=O) groups excluding carboxylic acids is 1. The minimum Gasteiger partial charge on any atom is -0.343 e. The third kappa shape index (κ3) is 5.41. The van der Waals surface area contributed by atoms with Gasteiger partial charge < -0.3 is 10.6 Å². The number of benzene rings is 2. The number of amides is 1. The zero-order valence-electron chi connectivity index (χ0n) is 18.7. The number of piperidine rings is 1. The van der Waals surface area contributed by atoms with E-state index in [0.717, 1.165) is 17.7 Å². The monoisotopic (exact) mass is 482 g/mol. The van der Waals surface area contributed by atoms with Gasteiger partial charge in [0.05, 0.1) is 15.2 Å². The molecule has 1 amide bonds. The molecule has 180 valence electrons. The standard InChI is InChI=1S/C24H29F3N2O3S/c1-23(2,33(31,32)20-10-6-9-19(15-20)24(25,26)27)18-11-13-29(14-12-18)22(30)16-21(28)17-7-4-3-5-8-17/h3-10,15,18,21H,11-14,16,28H2,1-2H3/t21-/m1/s1. The fourth-order valence-electron chi connectivity index (χ4n) is 4.32. The second-order valence-electron chi connectivity index (χ2n) is 9.01. The molecule has 1 heterocycles. The number of carbonyl (C=O) groups is 1. The highest BCUT2D eigenvalue weighted by molar-refractivity contribution is 7.92. The average molecular weight is 483 g/mol. The number of nitrogens with two attached hydrogens (primary N) is 1. The molecule has 0 aliphatic carbocycles. The number of nitrogens with zero attached hydrogens (tertiary/aromatic N) is 1. The molecule has 1 aliphatic heterocycles. The maximum Gasteiger partial charge on any atom is 0.416 e. The Labute approximate surface area is 192 Å². The van der Waals surface area contributed by atoms with Gasteiger partial charge in [-0.25, -0.2) is 8.42 Å². The Hall–Kier alpha value is -2.39. The van der Waals surface area contributed by atoms with Gasteiger partial charge in [-0.05, 0) is 56.4 Å². The van der Waals surface area contributed by atoms with Gasteiger partial charge in [-0.2, -0.15) is 13.2 Å². The highest BCUT2D eigenvalue weighted by Gasteiger charge is 2.45. The van der Waals surface area contributed by atoms with E-state index >= 15 is 0 Å². The Morgan fingerprint density at radius 3 is 2.24 bits per heavy atom. The van der Waals surface area contributed by atoms with Crippen LogP contribution in [0.1, 0.15) is 50.3 Å². The fraction of sp³-hybridized carbons (Fsp3) is 0.458. The summed E-state index contributed by atoms with van der Waals surface area (Å²) >= 11 is 0. The Morgan fingerprint density at radius 2 is 1.67 bits per heavy atom. The molecule has 0 spiro atoms. The van der Waals surface area contributed by atoms with Crippen LogP contribution in [0.15, 0.2) is 59.5 Å². The third-order valence-electron chi connectivity index (χ3n) is 6.62. The van der Waals surface area contributed by atoms with E-state index in [1.165, 1.54) is 6.07 Å². The molecule has 2 N–H and O–H groups in total. The summed E-state index contributed by atoms with van der Waals surface area (Å²) in [4.78, 5) is 14.1. The van der Waals surface area contributed by atoms with E-state index in [1.54, 1.807) is 18.7 Å². The minimum absolute atomic E-state index is 0.0941. The van der Waals surface area contributed by atoms with Crippen molar-refractivity contribution in [2.75, 3.05) is 13.1 Å². The first-order chi connectivity index (χ1) is 15.3. The van der Waals surface area contributed by atoms with Crippen LogP contribution >= 0.6 is 0 Å². The number of likely N-dealkylation sites (tertiary alicyclic amines) is 1. The first kappa shape index (κ1) is 25.2. The maximum absolute atomic E-state index is 13.3. The summed E-state index contributed by atoms with van der Waals surface area (Å²) in [5.74, 6) is -0.396. The average Bonchev–Trinajstić information content (AvgIpc) is 2.79. The van der Waals surface area contributed by atoms with Crippen molar-refractivity contribution in [2.45, 2.75) is 55.0 Å². The van der Waals surface area contributed by atoms with Gasteiger partial charge in [-0.15, -0.1) is 0 Å². The molecule has 0 saturated carbocycles. The topological polar surface area (TPSA) is 80.5 Å². The molecule has 0 bridgehead atoms. The van der Waals surface area contributed by atoms with Crippen molar-refractivity contribution in [3.8, 4) is 0 Å². The van der Waals surface area contributed by atoms with Crippen LogP contribution in [0.2, 0.25) is 0 Å². The quantitative estimate of drug-likeness (QED) is 0.653. The summed E-state index contributed by atoms with van der Waals surface area (Å²) in [6.07, 6.45) is -3.59. The highest BCUT2D eigenvalue weighted by atomic mass is 32.2. The molecule has 3 rings (SSSR count). The number of sulfone groups is 1. The van der Waals surface area contributed by atoms with Crippen LogP contribution in [0.3, 0.4) is 0 Å². The van der Waals surface area contributed by atoms with Gasteiger partial charge >= 0.3 is 6.18 Å². The maximum atomic E-state index is 13.3. The summed E-state index contributed by atoms with van der Waals surface area (Å²) in [6, 6.07) is 12.8. The van der Waals surface area contributed by atoms with Crippen molar-refractivity contribution in [1.29, 1.82) is 0 Å². The van der Waals surface area contributed by atoms with Gasteiger partial charge in [0, 0.05) is 25.6 Å². The van der Waals surface area contributed by atoms with Crippen LogP contribution in [-0.2, 0) is 20.8 Å². The van der Waals surface area contributed by atoms with Gasteiger partial charge in [0.25, 0.3) is 0 Å². The minimum atomic E-state index is -4.62. The van der Waals surface area contributed by atoms with E-state index in [1.807, 2.05) is 30.3 Å². The molecule has 0 aromatic heterocycles. The number of rotatable bonds is 6. The van der Waals surface area contributed by atoms with Gasteiger partial charge in [0.1, 0.15) is 0 Å². The molecule has 1 fully saturated rings. The molecule has 0 radical (unpaired) electrons. The van der Waals surface area contributed by atoms with Gasteiger partial charge in [0.15, 0.2) is 9.84 Å². The van der Waals surface area contributed by atoms with E-state index in [0.29, 0.717) is 32.0 Å². The Bertz CT molecular complexity index is 1080. The van der Waals surface area contributed by atoms with Gasteiger partial charge in [-0.3, -0.25) is 4.79 Å². The number of hydrogen-bond donors (Lipinski definition) is 1. The molecule has 33 heavy (non-hydrogen) atoms. The molecule has 0 unspecified atom stereocenters. The summed E-state index contributed by atoms with van der Waals surface area (Å²) < 4.78 is 64.5. The van der Waals surface area contributed by atoms with E-state index in [-0.39, 0.29) is 23.1 Å². The number of alkyl halides is 3. The highest BCUT2D eigenvalue weighted by Crippen LogP contribution is 2.39. The van der Waals surface area contributed by atoms with Crippen LogP contribution in [-0.4, -0.2) is 37.1 Å². The first-order valence-corrected chi connectivity index (χ1v) is 12.3. The van der Waals surface area contributed by atoms with E-state index in [2.05, 4.69) is 0 Å². The van der Waals surface area contributed by atoms with Gasteiger partial charge in [-0.1, -0.05) is 36.4 Å². The lowest BCUT2D eigenvalue weighted by molar-refractivity contribution is -0.137. The number of hydrogen-bond acceptors (Lipinski definition) is 4. The smallest absolute Gasteiger partial charge is 0.343 e. The second-order valence-corrected chi connectivity index (χ2v) is 11.5. The molecular weight excluding hydrogens is 453 g/mol. The molecule has 1 saturated heterocycles. The Kier molecular flexibility index (Phi) is 7.24. The summed E-state index contributed by atoms with van der Waals surface area (Å²) in [5.41, 5.74) is 6.03. The predicted octanol–water partition coefficient (Wildman–Crippen LogP) is 4.59. The third-order valence-corrected chi connectivity index (χ3v) is 9.21. The summed E-state index contributed by atoms with van der Waals surface area (Å²) in [7, 11) is -4.04. The van der Waals surface area contributed by atoms with Crippen LogP contribution in [0.25, 0.3) is 0 Å². The van der Waals surface area contributed by atoms with Crippen molar-refractivity contribution >= 4 is 15.7 Å². The summed E-state index contributed by atoms with van der Waals surface area (Å²) in [6.45, 7) is 3.87. The fourth-order valence-corrected chi connectivity index (χ4v) is 6.14. The molecule has 1 atom stereocenters. The molecule has 1 aliphatic rings. The lowest BCUT2D eigenvalue weighted by Crippen LogP contribution is -2.48. The lowest BCUT2D eigenvalue weighted by atomic mass is 9.85. The Balaban J connectivity index is 1.67. The predicted molar refractivity (Wildman–Crippen MR) is 120 cm³/mol. The van der Waals surface area contributed by atoms with Crippen LogP contribution in [0.4, 0.5) is 13.2 Å². The molecular formula is C24H29F3N2O3S. The molecule has 5 nitrogen and oxygen atoms in total. The summed E-state index contributed by atoms with van der Waals surface area (Å²) in [5, 5.41) is 0. The molecule has 9 heteroatoms. The first-order valence-electron chi connectivity index (χ1n) is 10.8. The molecule has 2 aromatic rings. The van der Waals surface area contributed by atoms with Crippen LogP contribution in [0, 0.1) is 5.92 Å². The molecule has 2 aromatic carbocycles. The van der Waals surface area contributed by atoms with Gasteiger partial charge in [0.2, 0.25) is 5.91 Å². The Morgan fingerprint density at radius 1 is 1.06 bits per heavy atom.